The fourth-order valence-corrected chi connectivity index (χ4v) is 2.78. The Morgan fingerprint density at radius 1 is 0.857 bits per heavy atom. The van der Waals surface area contributed by atoms with Crippen LogP contribution < -0.4 is 10.6 Å². The Kier molecular flexibility index (Phi) is 7.75. The number of amides is 2. The lowest BCUT2D eigenvalue weighted by Gasteiger charge is -2.12. The van der Waals surface area contributed by atoms with E-state index in [4.69, 9.17) is 4.74 Å². The summed E-state index contributed by atoms with van der Waals surface area (Å²) in [5.41, 5.74) is 4.36. The Hall–Kier alpha value is -3.15. The van der Waals surface area contributed by atoms with Gasteiger partial charge in [0.2, 0.25) is 5.91 Å². The van der Waals surface area contributed by atoms with E-state index in [2.05, 4.69) is 10.6 Å². The maximum absolute atomic E-state index is 12.0. The summed E-state index contributed by atoms with van der Waals surface area (Å²) in [5, 5.41) is 5.55. The molecule has 148 valence electrons. The lowest BCUT2D eigenvalue weighted by molar-refractivity contribution is -0.147. The predicted molar refractivity (Wildman–Crippen MR) is 109 cm³/mol. The number of nitrogens with one attached hydrogen (secondary N) is 2. The van der Waals surface area contributed by atoms with Crippen LogP contribution in [0.15, 0.2) is 42.5 Å². The van der Waals surface area contributed by atoms with Gasteiger partial charge in [0, 0.05) is 17.8 Å². The summed E-state index contributed by atoms with van der Waals surface area (Å²) in [6.45, 7) is 5.41. The van der Waals surface area contributed by atoms with Gasteiger partial charge in [-0.1, -0.05) is 43.3 Å². The SMILES string of the molecule is CCc1ccccc1NC(=O)CCC(=O)OCC(=O)Nc1c(C)cccc1C. The zero-order valence-corrected chi connectivity index (χ0v) is 16.5. The van der Waals surface area contributed by atoms with Crippen LogP contribution in [-0.2, 0) is 25.5 Å². The number of carbonyl (C=O) groups is 3. The standard InChI is InChI=1S/C22H26N2O4/c1-4-17-10-5-6-11-18(17)23-19(25)12-13-21(27)28-14-20(26)24-22-15(2)8-7-9-16(22)3/h5-11H,4,12-14H2,1-3H3,(H,23,25)(H,24,26). The van der Waals surface area contributed by atoms with Crippen LogP contribution in [0.1, 0.15) is 36.5 Å². The van der Waals surface area contributed by atoms with Gasteiger partial charge in [-0.25, -0.2) is 0 Å². The summed E-state index contributed by atoms with van der Waals surface area (Å²) < 4.78 is 4.97. The highest BCUT2D eigenvalue weighted by Crippen LogP contribution is 2.19. The van der Waals surface area contributed by atoms with Crippen LogP contribution in [0.3, 0.4) is 0 Å². The number of ether oxygens (including phenoxy) is 1. The average Bonchev–Trinajstić information content (AvgIpc) is 2.68. The highest BCUT2D eigenvalue weighted by Gasteiger charge is 2.13. The molecule has 2 aromatic rings. The number of hydrogen-bond acceptors (Lipinski definition) is 4. The van der Waals surface area contributed by atoms with Gasteiger partial charge in [0.1, 0.15) is 0 Å². The number of anilines is 2. The van der Waals surface area contributed by atoms with Gasteiger partial charge in [0.15, 0.2) is 6.61 Å². The minimum atomic E-state index is -0.587. The van der Waals surface area contributed by atoms with Crippen LogP contribution in [-0.4, -0.2) is 24.4 Å². The van der Waals surface area contributed by atoms with Crippen molar-refractivity contribution in [2.45, 2.75) is 40.0 Å². The maximum Gasteiger partial charge on any atom is 0.306 e. The van der Waals surface area contributed by atoms with Gasteiger partial charge in [-0.05, 0) is 43.0 Å². The molecule has 0 aliphatic rings. The van der Waals surface area contributed by atoms with E-state index in [0.29, 0.717) is 0 Å². The van der Waals surface area contributed by atoms with Gasteiger partial charge in [-0.2, -0.15) is 0 Å². The molecule has 0 fully saturated rings. The van der Waals surface area contributed by atoms with E-state index < -0.39 is 11.9 Å². The Morgan fingerprint density at radius 3 is 2.21 bits per heavy atom. The molecule has 2 amide bonds. The van der Waals surface area contributed by atoms with Gasteiger partial charge in [-0.15, -0.1) is 0 Å². The number of benzene rings is 2. The summed E-state index contributed by atoms with van der Waals surface area (Å²) in [7, 11) is 0. The van der Waals surface area contributed by atoms with Crippen LogP contribution in [0, 0.1) is 13.8 Å². The molecule has 2 aromatic carbocycles. The molecule has 0 aliphatic carbocycles. The normalized spacial score (nSPS) is 10.2. The monoisotopic (exact) mass is 382 g/mol. The van der Waals surface area contributed by atoms with Crippen molar-refractivity contribution in [2.75, 3.05) is 17.2 Å². The highest BCUT2D eigenvalue weighted by molar-refractivity contribution is 5.95. The summed E-state index contributed by atoms with van der Waals surface area (Å²) in [5.74, 6) is -1.26. The number of hydrogen-bond donors (Lipinski definition) is 2. The van der Waals surface area contributed by atoms with Crippen molar-refractivity contribution in [2.24, 2.45) is 0 Å². The van der Waals surface area contributed by atoms with E-state index in [-0.39, 0.29) is 25.4 Å². The summed E-state index contributed by atoms with van der Waals surface area (Å²) in [6.07, 6.45) is 0.709. The quantitative estimate of drug-likeness (QED) is 0.681. The van der Waals surface area contributed by atoms with Gasteiger partial charge in [-0.3, -0.25) is 14.4 Å². The Balaban J connectivity index is 1.75. The fourth-order valence-electron chi connectivity index (χ4n) is 2.78. The van der Waals surface area contributed by atoms with Crippen molar-refractivity contribution in [3.05, 3.63) is 59.2 Å². The minimum Gasteiger partial charge on any atom is -0.456 e. The zero-order valence-electron chi connectivity index (χ0n) is 16.5. The van der Waals surface area contributed by atoms with Crippen molar-refractivity contribution in [3.63, 3.8) is 0 Å². The van der Waals surface area contributed by atoms with Crippen LogP contribution >= 0.6 is 0 Å². The maximum atomic E-state index is 12.0. The Morgan fingerprint density at radius 2 is 1.54 bits per heavy atom. The highest BCUT2D eigenvalue weighted by atomic mass is 16.5. The van der Waals surface area contributed by atoms with Crippen molar-refractivity contribution >= 4 is 29.2 Å². The third-order valence-electron chi connectivity index (χ3n) is 4.34. The molecule has 6 nitrogen and oxygen atoms in total. The largest absolute Gasteiger partial charge is 0.456 e. The van der Waals surface area contributed by atoms with Crippen molar-refractivity contribution in [1.29, 1.82) is 0 Å². The van der Waals surface area contributed by atoms with E-state index in [1.165, 1.54) is 0 Å². The van der Waals surface area contributed by atoms with E-state index in [9.17, 15) is 14.4 Å². The molecule has 0 spiro atoms. The number of aryl methyl sites for hydroxylation is 3. The second-order valence-electron chi connectivity index (χ2n) is 6.53. The molecule has 2 N–H and O–H groups in total. The fraction of sp³-hybridized carbons (Fsp3) is 0.318. The Bertz CT molecular complexity index is 841. The summed E-state index contributed by atoms with van der Waals surface area (Å²) >= 11 is 0. The summed E-state index contributed by atoms with van der Waals surface area (Å²) in [6, 6.07) is 13.2. The molecule has 0 atom stereocenters. The van der Waals surface area contributed by atoms with Crippen LogP contribution in [0.4, 0.5) is 11.4 Å². The smallest absolute Gasteiger partial charge is 0.306 e. The molecule has 0 saturated carbocycles. The second-order valence-corrected chi connectivity index (χ2v) is 6.53. The minimum absolute atomic E-state index is 0.00456. The molecule has 0 heterocycles. The molecule has 2 rings (SSSR count). The molecule has 0 aliphatic heterocycles. The topological polar surface area (TPSA) is 84.5 Å². The van der Waals surface area contributed by atoms with E-state index in [1.54, 1.807) is 0 Å². The van der Waals surface area contributed by atoms with E-state index in [0.717, 1.165) is 34.5 Å². The molecule has 0 radical (unpaired) electrons. The molecular weight excluding hydrogens is 356 g/mol. The molecule has 6 heteroatoms. The Labute approximate surface area is 165 Å². The summed E-state index contributed by atoms with van der Waals surface area (Å²) in [4.78, 5) is 35.9. The molecule has 0 aromatic heterocycles. The molecular formula is C22H26N2O4. The van der Waals surface area contributed by atoms with Crippen LogP contribution in [0.25, 0.3) is 0 Å². The lowest BCUT2D eigenvalue weighted by Crippen LogP contribution is -2.22. The first-order chi connectivity index (χ1) is 13.4. The average molecular weight is 382 g/mol. The first-order valence-corrected chi connectivity index (χ1v) is 9.30. The predicted octanol–water partition coefficient (Wildman–Crippen LogP) is 3.77. The van der Waals surface area contributed by atoms with Gasteiger partial charge in [0.25, 0.3) is 5.91 Å². The lowest BCUT2D eigenvalue weighted by atomic mass is 10.1. The van der Waals surface area contributed by atoms with Gasteiger partial charge in [0.05, 0.1) is 6.42 Å². The van der Waals surface area contributed by atoms with Crippen molar-refractivity contribution in [1.82, 2.24) is 0 Å². The third-order valence-corrected chi connectivity index (χ3v) is 4.34. The van der Waals surface area contributed by atoms with E-state index in [1.807, 2.05) is 63.2 Å². The zero-order chi connectivity index (χ0) is 20.5. The van der Waals surface area contributed by atoms with Gasteiger partial charge >= 0.3 is 5.97 Å². The van der Waals surface area contributed by atoms with Crippen molar-refractivity contribution in [3.8, 4) is 0 Å². The first kappa shape index (κ1) is 21.2. The molecule has 0 bridgehead atoms. The number of esters is 1. The van der Waals surface area contributed by atoms with Crippen molar-refractivity contribution < 1.29 is 19.1 Å². The number of rotatable bonds is 8. The van der Waals surface area contributed by atoms with E-state index >= 15 is 0 Å². The second kappa shape index (κ2) is 10.3. The first-order valence-electron chi connectivity index (χ1n) is 9.30. The third kappa shape index (κ3) is 6.23. The number of para-hydroxylation sites is 2. The molecule has 0 unspecified atom stereocenters. The molecule has 28 heavy (non-hydrogen) atoms. The van der Waals surface area contributed by atoms with Crippen LogP contribution in [0.2, 0.25) is 0 Å². The van der Waals surface area contributed by atoms with Crippen LogP contribution in [0.5, 0.6) is 0 Å². The molecule has 0 saturated heterocycles. The van der Waals surface area contributed by atoms with Gasteiger partial charge < -0.3 is 15.4 Å². The number of carbonyl (C=O) groups excluding carboxylic acids is 3.